The summed E-state index contributed by atoms with van der Waals surface area (Å²) >= 11 is 0. The Kier molecular flexibility index (Phi) is 6.49. The van der Waals surface area contributed by atoms with E-state index >= 15 is 0 Å². The van der Waals surface area contributed by atoms with Gasteiger partial charge in [0.1, 0.15) is 0 Å². The summed E-state index contributed by atoms with van der Waals surface area (Å²) in [6.45, 7) is 0.532. The summed E-state index contributed by atoms with van der Waals surface area (Å²) in [4.78, 5) is 16.3. The molecule has 0 aliphatic rings. The van der Waals surface area contributed by atoms with Crippen molar-refractivity contribution in [2.24, 2.45) is 0 Å². The summed E-state index contributed by atoms with van der Waals surface area (Å²) in [5.41, 5.74) is 1.86. The number of nitrogens with zero attached hydrogens (tertiary/aromatic N) is 1. The Morgan fingerprint density at radius 1 is 0.931 bits per heavy atom. The molecule has 2 N–H and O–H groups in total. The molecule has 0 spiro atoms. The van der Waals surface area contributed by atoms with E-state index < -0.39 is 11.7 Å². The maximum Gasteiger partial charge on any atom is 0.416 e. The topological polar surface area (TPSA) is 54.0 Å². The highest BCUT2D eigenvalue weighted by Crippen LogP contribution is 2.30. The fourth-order valence-corrected chi connectivity index (χ4v) is 2.78. The van der Waals surface area contributed by atoms with E-state index in [1.54, 1.807) is 6.07 Å². The molecule has 0 unspecified atom stereocenters. The van der Waals surface area contributed by atoms with Crippen molar-refractivity contribution in [3.63, 3.8) is 0 Å². The molecule has 2 aromatic carbocycles. The van der Waals surface area contributed by atoms with Crippen molar-refractivity contribution in [2.45, 2.75) is 19.0 Å². The number of hydrogen-bond acceptors (Lipinski definition) is 3. The molecule has 0 aliphatic carbocycles. The first-order valence-corrected chi connectivity index (χ1v) is 9.13. The Hall–Kier alpha value is -3.35. The third kappa shape index (κ3) is 6.07. The van der Waals surface area contributed by atoms with Crippen LogP contribution in [0.1, 0.15) is 27.9 Å². The van der Waals surface area contributed by atoms with Crippen LogP contribution in [0, 0.1) is 0 Å². The summed E-state index contributed by atoms with van der Waals surface area (Å²) in [6, 6.07) is 16.3. The van der Waals surface area contributed by atoms with Crippen LogP contribution in [-0.4, -0.2) is 17.4 Å². The lowest BCUT2D eigenvalue weighted by Gasteiger charge is -2.10. The van der Waals surface area contributed by atoms with E-state index in [0.29, 0.717) is 23.5 Å². The summed E-state index contributed by atoms with van der Waals surface area (Å²) in [7, 11) is 0. The SMILES string of the molecule is O=C(NCCCc1ccccc1)c1cncc(Nc2ccc(C(F)(F)F)cc2)c1. The van der Waals surface area contributed by atoms with Crippen molar-refractivity contribution in [1.82, 2.24) is 10.3 Å². The average molecular weight is 399 g/mol. The van der Waals surface area contributed by atoms with Crippen LogP contribution < -0.4 is 10.6 Å². The molecule has 0 saturated heterocycles. The lowest BCUT2D eigenvalue weighted by molar-refractivity contribution is -0.137. The van der Waals surface area contributed by atoms with Crippen LogP contribution in [0.5, 0.6) is 0 Å². The summed E-state index contributed by atoms with van der Waals surface area (Å²) < 4.78 is 37.9. The largest absolute Gasteiger partial charge is 0.416 e. The number of anilines is 2. The molecular formula is C22H20F3N3O. The average Bonchev–Trinajstić information content (AvgIpc) is 2.72. The molecule has 150 valence electrons. The molecule has 0 fully saturated rings. The number of hydrogen-bond donors (Lipinski definition) is 2. The van der Waals surface area contributed by atoms with Gasteiger partial charge < -0.3 is 10.6 Å². The maximum atomic E-state index is 12.6. The highest BCUT2D eigenvalue weighted by molar-refractivity contribution is 5.94. The number of pyridine rings is 1. The second-order valence-corrected chi connectivity index (χ2v) is 6.51. The van der Waals surface area contributed by atoms with Crippen LogP contribution in [-0.2, 0) is 12.6 Å². The molecule has 7 heteroatoms. The maximum absolute atomic E-state index is 12.6. The molecule has 0 atom stereocenters. The molecule has 1 aromatic heterocycles. The van der Waals surface area contributed by atoms with Crippen LogP contribution in [0.15, 0.2) is 73.1 Å². The number of aromatic nitrogens is 1. The van der Waals surface area contributed by atoms with Gasteiger partial charge in [-0.2, -0.15) is 13.2 Å². The minimum absolute atomic E-state index is 0.248. The van der Waals surface area contributed by atoms with Gasteiger partial charge >= 0.3 is 6.18 Å². The first kappa shape index (κ1) is 20.4. The van der Waals surface area contributed by atoms with E-state index in [-0.39, 0.29) is 5.91 Å². The first-order valence-electron chi connectivity index (χ1n) is 9.13. The van der Waals surface area contributed by atoms with Gasteiger partial charge in [0.15, 0.2) is 0 Å². The number of carbonyl (C=O) groups excluding carboxylic acids is 1. The van der Waals surface area contributed by atoms with E-state index in [2.05, 4.69) is 15.6 Å². The second-order valence-electron chi connectivity index (χ2n) is 6.51. The Labute approximate surface area is 166 Å². The zero-order valence-electron chi connectivity index (χ0n) is 15.5. The van der Waals surface area contributed by atoms with Crippen LogP contribution in [0.4, 0.5) is 24.5 Å². The first-order chi connectivity index (χ1) is 13.9. The number of alkyl halides is 3. The van der Waals surface area contributed by atoms with Gasteiger partial charge in [0.05, 0.1) is 23.0 Å². The van der Waals surface area contributed by atoms with E-state index in [1.165, 1.54) is 30.1 Å². The number of carbonyl (C=O) groups is 1. The van der Waals surface area contributed by atoms with Gasteiger partial charge in [0.25, 0.3) is 5.91 Å². The molecule has 1 heterocycles. The van der Waals surface area contributed by atoms with E-state index in [1.807, 2.05) is 30.3 Å². The fraction of sp³-hybridized carbons (Fsp3) is 0.182. The normalized spacial score (nSPS) is 11.1. The standard InChI is InChI=1S/C22H20F3N3O/c23-22(24,25)18-8-10-19(11-9-18)28-20-13-17(14-26-15-20)21(29)27-12-4-7-16-5-2-1-3-6-16/h1-3,5-6,8-11,13-15,28H,4,7,12H2,(H,27,29). The third-order valence-electron chi connectivity index (χ3n) is 4.27. The third-order valence-corrected chi connectivity index (χ3v) is 4.27. The minimum Gasteiger partial charge on any atom is -0.354 e. The molecule has 0 radical (unpaired) electrons. The highest BCUT2D eigenvalue weighted by atomic mass is 19.4. The second kappa shape index (κ2) is 9.23. The Balaban J connectivity index is 1.54. The monoisotopic (exact) mass is 399 g/mol. The van der Waals surface area contributed by atoms with Crippen LogP contribution >= 0.6 is 0 Å². The molecule has 1 amide bonds. The van der Waals surface area contributed by atoms with Crippen LogP contribution in [0.2, 0.25) is 0 Å². The Morgan fingerprint density at radius 2 is 1.66 bits per heavy atom. The number of amides is 1. The van der Waals surface area contributed by atoms with Gasteiger partial charge in [-0.05, 0) is 48.7 Å². The summed E-state index contributed by atoms with van der Waals surface area (Å²) in [5.74, 6) is -0.248. The molecular weight excluding hydrogens is 379 g/mol. The molecule has 0 aliphatic heterocycles. The van der Waals surface area contributed by atoms with E-state index in [0.717, 1.165) is 25.0 Å². The van der Waals surface area contributed by atoms with Gasteiger partial charge in [-0.15, -0.1) is 0 Å². The smallest absolute Gasteiger partial charge is 0.354 e. The van der Waals surface area contributed by atoms with Crippen molar-refractivity contribution in [3.8, 4) is 0 Å². The van der Waals surface area contributed by atoms with Crippen molar-refractivity contribution in [1.29, 1.82) is 0 Å². The van der Waals surface area contributed by atoms with Crippen molar-refractivity contribution in [3.05, 3.63) is 89.7 Å². The Morgan fingerprint density at radius 3 is 2.34 bits per heavy atom. The molecule has 0 saturated carbocycles. The Bertz CT molecular complexity index is 942. The molecule has 3 rings (SSSR count). The number of aryl methyl sites for hydroxylation is 1. The lowest BCUT2D eigenvalue weighted by atomic mass is 10.1. The number of rotatable bonds is 7. The van der Waals surface area contributed by atoms with Gasteiger partial charge in [-0.3, -0.25) is 9.78 Å². The lowest BCUT2D eigenvalue weighted by Crippen LogP contribution is -2.25. The summed E-state index contributed by atoms with van der Waals surface area (Å²) in [5, 5.41) is 5.81. The molecule has 0 bridgehead atoms. The van der Waals surface area contributed by atoms with Gasteiger partial charge in [-0.25, -0.2) is 0 Å². The molecule has 29 heavy (non-hydrogen) atoms. The summed E-state index contributed by atoms with van der Waals surface area (Å²) in [6.07, 6.45) is 0.258. The van der Waals surface area contributed by atoms with Gasteiger partial charge in [0.2, 0.25) is 0 Å². The zero-order valence-corrected chi connectivity index (χ0v) is 15.5. The fourth-order valence-electron chi connectivity index (χ4n) is 2.78. The van der Waals surface area contributed by atoms with Crippen molar-refractivity contribution in [2.75, 3.05) is 11.9 Å². The highest BCUT2D eigenvalue weighted by Gasteiger charge is 2.29. The van der Waals surface area contributed by atoms with E-state index in [9.17, 15) is 18.0 Å². The van der Waals surface area contributed by atoms with Crippen molar-refractivity contribution < 1.29 is 18.0 Å². The van der Waals surface area contributed by atoms with Crippen LogP contribution in [0.25, 0.3) is 0 Å². The van der Waals surface area contributed by atoms with Gasteiger partial charge in [-0.1, -0.05) is 30.3 Å². The van der Waals surface area contributed by atoms with Crippen molar-refractivity contribution >= 4 is 17.3 Å². The van der Waals surface area contributed by atoms with Gasteiger partial charge in [0, 0.05) is 18.4 Å². The van der Waals surface area contributed by atoms with Crippen LogP contribution in [0.3, 0.4) is 0 Å². The predicted molar refractivity (Wildman–Crippen MR) is 106 cm³/mol. The van der Waals surface area contributed by atoms with E-state index in [4.69, 9.17) is 0 Å². The minimum atomic E-state index is -4.38. The predicted octanol–water partition coefficient (Wildman–Crippen LogP) is 5.21. The zero-order chi connectivity index (χ0) is 20.7. The number of benzene rings is 2. The molecule has 3 aromatic rings. The number of nitrogens with one attached hydrogen (secondary N) is 2. The number of halogens is 3. The quantitative estimate of drug-likeness (QED) is 0.537. The molecule has 4 nitrogen and oxygen atoms in total.